The lowest BCUT2D eigenvalue weighted by Gasteiger charge is -2.22. The van der Waals surface area contributed by atoms with Gasteiger partial charge in [0.15, 0.2) is 6.61 Å². The van der Waals surface area contributed by atoms with Gasteiger partial charge in [0.1, 0.15) is 5.75 Å². The van der Waals surface area contributed by atoms with Crippen molar-refractivity contribution < 1.29 is 14.5 Å². The van der Waals surface area contributed by atoms with Crippen molar-refractivity contribution in [1.82, 2.24) is 0 Å². The van der Waals surface area contributed by atoms with Crippen LogP contribution in [0.25, 0.3) is 0 Å². The zero-order valence-corrected chi connectivity index (χ0v) is 9.52. The second-order valence-corrected chi connectivity index (χ2v) is 4.12. The molecular formula is C11H12N2O4. The van der Waals surface area contributed by atoms with Crippen LogP contribution in [0.5, 0.6) is 5.75 Å². The lowest BCUT2D eigenvalue weighted by atomic mass is 9.97. The molecule has 1 N–H and O–H groups in total. The lowest BCUT2D eigenvalue weighted by Crippen LogP contribution is -2.26. The Morgan fingerprint density at radius 3 is 2.76 bits per heavy atom. The van der Waals surface area contributed by atoms with E-state index in [0.29, 0.717) is 17.0 Å². The summed E-state index contributed by atoms with van der Waals surface area (Å²) in [6, 6.07) is 2.92. The molecule has 0 fully saturated rings. The standard InChI is InChI=1S/C11H12N2O4/c1-6(2)10-7(13(15)16)3-4-8-11(10)12-9(14)5-17-8/h3-4,6H,5H2,1-2H3,(H,12,14). The molecule has 90 valence electrons. The van der Waals surface area contributed by atoms with E-state index in [9.17, 15) is 14.9 Å². The zero-order valence-electron chi connectivity index (χ0n) is 9.52. The minimum atomic E-state index is -0.448. The number of hydrogen-bond donors (Lipinski definition) is 1. The molecule has 1 aliphatic heterocycles. The van der Waals surface area contributed by atoms with Gasteiger partial charge < -0.3 is 10.1 Å². The molecule has 1 heterocycles. The van der Waals surface area contributed by atoms with Gasteiger partial charge in [0.05, 0.1) is 16.2 Å². The average molecular weight is 236 g/mol. The van der Waals surface area contributed by atoms with Crippen LogP contribution in [-0.2, 0) is 4.79 Å². The van der Waals surface area contributed by atoms with Crippen molar-refractivity contribution in [3.05, 3.63) is 27.8 Å². The summed E-state index contributed by atoms with van der Waals surface area (Å²) in [5, 5.41) is 13.6. The van der Waals surface area contributed by atoms with E-state index in [4.69, 9.17) is 4.74 Å². The molecule has 1 aromatic rings. The van der Waals surface area contributed by atoms with Gasteiger partial charge in [-0.05, 0) is 12.0 Å². The molecule has 0 saturated carbocycles. The first-order chi connectivity index (χ1) is 8.00. The van der Waals surface area contributed by atoms with Crippen LogP contribution in [0, 0.1) is 10.1 Å². The third kappa shape index (κ3) is 1.93. The van der Waals surface area contributed by atoms with Crippen LogP contribution in [0.1, 0.15) is 25.3 Å². The molecule has 17 heavy (non-hydrogen) atoms. The van der Waals surface area contributed by atoms with Crippen LogP contribution < -0.4 is 10.1 Å². The SMILES string of the molecule is CC(C)c1c([N+](=O)[O-])ccc2c1NC(=O)CO2. The molecule has 0 saturated heterocycles. The smallest absolute Gasteiger partial charge is 0.275 e. The van der Waals surface area contributed by atoms with E-state index in [1.54, 1.807) is 0 Å². The summed E-state index contributed by atoms with van der Waals surface area (Å²) in [6.07, 6.45) is 0. The van der Waals surface area contributed by atoms with E-state index in [2.05, 4.69) is 5.32 Å². The van der Waals surface area contributed by atoms with Gasteiger partial charge in [0.25, 0.3) is 11.6 Å². The highest BCUT2D eigenvalue weighted by Crippen LogP contribution is 2.41. The first kappa shape index (κ1) is 11.4. The minimum Gasteiger partial charge on any atom is -0.482 e. The number of carbonyl (C=O) groups is 1. The topological polar surface area (TPSA) is 81.5 Å². The van der Waals surface area contributed by atoms with Gasteiger partial charge in [0, 0.05) is 6.07 Å². The normalized spacial score (nSPS) is 13.9. The van der Waals surface area contributed by atoms with Crippen molar-refractivity contribution >= 4 is 17.3 Å². The van der Waals surface area contributed by atoms with Crippen LogP contribution >= 0.6 is 0 Å². The van der Waals surface area contributed by atoms with Crippen molar-refractivity contribution in [2.75, 3.05) is 11.9 Å². The molecule has 2 rings (SSSR count). The van der Waals surface area contributed by atoms with Crippen molar-refractivity contribution in [2.45, 2.75) is 19.8 Å². The maximum Gasteiger partial charge on any atom is 0.275 e. The zero-order chi connectivity index (χ0) is 12.6. The maximum absolute atomic E-state index is 11.3. The van der Waals surface area contributed by atoms with E-state index in [1.807, 2.05) is 13.8 Å². The first-order valence-corrected chi connectivity index (χ1v) is 5.24. The quantitative estimate of drug-likeness (QED) is 0.629. The van der Waals surface area contributed by atoms with Gasteiger partial charge in [0.2, 0.25) is 0 Å². The fourth-order valence-electron chi connectivity index (χ4n) is 1.90. The van der Waals surface area contributed by atoms with Crippen LogP contribution in [0.3, 0.4) is 0 Å². The molecule has 0 radical (unpaired) electrons. The number of nitro groups is 1. The highest BCUT2D eigenvalue weighted by molar-refractivity contribution is 5.97. The third-order valence-corrected chi connectivity index (χ3v) is 2.58. The van der Waals surface area contributed by atoms with Crippen LogP contribution in [0.15, 0.2) is 12.1 Å². The number of anilines is 1. The molecule has 0 atom stereocenters. The second-order valence-electron chi connectivity index (χ2n) is 4.12. The van der Waals surface area contributed by atoms with E-state index < -0.39 is 4.92 Å². The Bertz CT molecular complexity index is 496. The van der Waals surface area contributed by atoms with E-state index >= 15 is 0 Å². The Kier molecular flexibility index (Phi) is 2.71. The van der Waals surface area contributed by atoms with Gasteiger partial charge in [-0.2, -0.15) is 0 Å². The van der Waals surface area contributed by atoms with Crippen LogP contribution in [0.2, 0.25) is 0 Å². The third-order valence-electron chi connectivity index (χ3n) is 2.58. The maximum atomic E-state index is 11.3. The molecule has 0 spiro atoms. The Morgan fingerprint density at radius 2 is 2.18 bits per heavy atom. The van der Waals surface area contributed by atoms with Gasteiger partial charge in [-0.1, -0.05) is 13.8 Å². The van der Waals surface area contributed by atoms with Crippen molar-refractivity contribution in [3.63, 3.8) is 0 Å². The summed E-state index contributed by atoms with van der Waals surface area (Å²) in [7, 11) is 0. The summed E-state index contributed by atoms with van der Waals surface area (Å²) in [5.41, 5.74) is 0.926. The highest BCUT2D eigenvalue weighted by Gasteiger charge is 2.27. The molecule has 1 aromatic carbocycles. The summed E-state index contributed by atoms with van der Waals surface area (Å²) in [4.78, 5) is 21.8. The Hall–Kier alpha value is -2.11. The number of benzene rings is 1. The van der Waals surface area contributed by atoms with Crippen LogP contribution in [-0.4, -0.2) is 17.4 Å². The number of fused-ring (bicyclic) bond motifs is 1. The second kappa shape index (κ2) is 4.04. The molecule has 6 heteroatoms. The van der Waals surface area contributed by atoms with E-state index in [0.717, 1.165) is 0 Å². The summed E-state index contributed by atoms with van der Waals surface area (Å²) < 4.78 is 5.23. The van der Waals surface area contributed by atoms with E-state index in [1.165, 1.54) is 12.1 Å². The number of nitrogens with one attached hydrogen (secondary N) is 1. The number of nitro benzene ring substituents is 1. The number of amides is 1. The summed E-state index contributed by atoms with van der Waals surface area (Å²) in [6.45, 7) is 3.62. The van der Waals surface area contributed by atoms with Crippen LogP contribution in [0.4, 0.5) is 11.4 Å². The summed E-state index contributed by atoms with van der Waals surface area (Å²) in [5.74, 6) is 0.117. The fraction of sp³-hybridized carbons (Fsp3) is 0.364. The number of hydrogen-bond acceptors (Lipinski definition) is 4. The molecular weight excluding hydrogens is 224 g/mol. The van der Waals surface area contributed by atoms with Gasteiger partial charge in [-0.15, -0.1) is 0 Å². The molecule has 0 bridgehead atoms. The molecule has 1 amide bonds. The Labute approximate surface area is 97.7 Å². The first-order valence-electron chi connectivity index (χ1n) is 5.24. The largest absolute Gasteiger partial charge is 0.482 e. The lowest BCUT2D eigenvalue weighted by molar-refractivity contribution is -0.385. The average Bonchev–Trinajstić information content (AvgIpc) is 2.26. The molecule has 6 nitrogen and oxygen atoms in total. The highest BCUT2D eigenvalue weighted by atomic mass is 16.6. The van der Waals surface area contributed by atoms with Crippen molar-refractivity contribution in [3.8, 4) is 5.75 Å². The number of carbonyl (C=O) groups excluding carboxylic acids is 1. The predicted molar refractivity (Wildman–Crippen MR) is 61.3 cm³/mol. The molecule has 0 aromatic heterocycles. The molecule has 0 unspecified atom stereocenters. The number of rotatable bonds is 2. The predicted octanol–water partition coefficient (Wildman–Crippen LogP) is 2.05. The Morgan fingerprint density at radius 1 is 1.47 bits per heavy atom. The van der Waals surface area contributed by atoms with Gasteiger partial charge in [-0.25, -0.2) is 0 Å². The monoisotopic (exact) mass is 236 g/mol. The molecule has 0 aliphatic carbocycles. The van der Waals surface area contributed by atoms with Gasteiger partial charge in [-0.3, -0.25) is 14.9 Å². The number of nitrogens with zero attached hydrogens (tertiary/aromatic N) is 1. The van der Waals surface area contributed by atoms with Crippen molar-refractivity contribution in [1.29, 1.82) is 0 Å². The fourth-order valence-corrected chi connectivity index (χ4v) is 1.90. The number of ether oxygens (including phenoxy) is 1. The van der Waals surface area contributed by atoms with E-state index in [-0.39, 0.29) is 24.1 Å². The molecule has 1 aliphatic rings. The minimum absolute atomic E-state index is 0.00421. The Balaban J connectivity index is 2.64. The summed E-state index contributed by atoms with van der Waals surface area (Å²) >= 11 is 0. The van der Waals surface area contributed by atoms with Crippen molar-refractivity contribution in [2.24, 2.45) is 0 Å². The van der Waals surface area contributed by atoms with Gasteiger partial charge >= 0.3 is 0 Å².